The van der Waals surface area contributed by atoms with E-state index in [4.69, 9.17) is 4.74 Å². The fourth-order valence-electron chi connectivity index (χ4n) is 1.61. The molecule has 0 bridgehead atoms. The van der Waals surface area contributed by atoms with E-state index in [1.165, 1.54) is 5.56 Å². The number of rotatable bonds is 7. The summed E-state index contributed by atoms with van der Waals surface area (Å²) in [5.41, 5.74) is 2.15. The summed E-state index contributed by atoms with van der Waals surface area (Å²) < 4.78 is 18.4. The van der Waals surface area contributed by atoms with Gasteiger partial charge in [-0.05, 0) is 36.1 Å². The molecule has 1 aromatic carbocycles. The molecule has 17 heavy (non-hydrogen) atoms. The van der Waals surface area contributed by atoms with Gasteiger partial charge in [0.2, 0.25) is 0 Å². The Labute approximate surface area is 104 Å². The Hall–Kier alpha value is -1.05. The normalized spacial score (nSPS) is 10.9. The maximum absolute atomic E-state index is 12.7. The molecule has 0 heterocycles. The Balaban J connectivity index is 2.81. The lowest BCUT2D eigenvalue weighted by atomic mass is 9.99. The molecule has 0 aliphatic heterocycles. The van der Waals surface area contributed by atoms with Crippen molar-refractivity contribution in [2.24, 2.45) is 0 Å². The molecule has 1 radical (unpaired) electrons. The first-order valence-corrected chi connectivity index (χ1v) is 6.36. The first-order valence-electron chi connectivity index (χ1n) is 6.36. The van der Waals surface area contributed by atoms with Gasteiger partial charge < -0.3 is 4.74 Å². The molecular weight excluding hydrogens is 215 g/mol. The second-order valence-electron chi connectivity index (χ2n) is 4.34. The van der Waals surface area contributed by atoms with Crippen molar-refractivity contribution in [3.63, 3.8) is 0 Å². The summed E-state index contributed by atoms with van der Waals surface area (Å²) in [6.07, 6.45) is 3.12. The molecule has 0 aliphatic rings. The lowest BCUT2D eigenvalue weighted by Gasteiger charge is -2.12. The zero-order chi connectivity index (χ0) is 12.7. The molecule has 0 saturated carbocycles. The maximum Gasteiger partial charge on any atom is 0.119 e. The Bertz CT molecular complexity index is 336. The predicted molar refractivity (Wildman–Crippen MR) is 70.2 cm³/mol. The Morgan fingerprint density at radius 1 is 1.24 bits per heavy atom. The van der Waals surface area contributed by atoms with E-state index < -0.39 is 6.67 Å². The smallest absolute Gasteiger partial charge is 0.119 e. The van der Waals surface area contributed by atoms with Gasteiger partial charge in [0.25, 0.3) is 0 Å². The molecule has 2 heteroatoms. The van der Waals surface area contributed by atoms with Crippen LogP contribution in [0.2, 0.25) is 0 Å². The van der Waals surface area contributed by atoms with Crippen LogP contribution in [0.15, 0.2) is 18.2 Å². The summed E-state index contributed by atoms with van der Waals surface area (Å²) in [7, 11) is 0. The van der Waals surface area contributed by atoms with Crippen molar-refractivity contribution in [2.75, 3.05) is 13.3 Å². The molecule has 1 aromatic rings. The molecular formula is C15H22FO. The molecule has 0 aromatic heterocycles. The van der Waals surface area contributed by atoms with Crippen LogP contribution in [0.25, 0.3) is 0 Å². The van der Waals surface area contributed by atoms with Crippen molar-refractivity contribution in [1.29, 1.82) is 0 Å². The summed E-state index contributed by atoms with van der Waals surface area (Å²) in [6, 6.07) is 6.02. The number of benzene rings is 1. The van der Waals surface area contributed by atoms with Crippen molar-refractivity contribution in [2.45, 2.75) is 40.0 Å². The predicted octanol–water partition coefficient (Wildman–Crippen LogP) is 4.34. The van der Waals surface area contributed by atoms with E-state index in [1.54, 1.807) is 0 Å². The van der Waals surface area contributed by atoms with Gasteiger partial charge in [-0.15, -0.1) is 0 Å². The second kappa shape index (κ2) is 7.31. The molecule has 0 aliphatic carbocycles. The van der Waals surface area contributed by atoms with Crippen molar-refractivity contribution < 1.29 is 9.13 Å². The van der Waals surface area contributed by atoms with Crippen LogP contribution in [0, 0.1) is 5.92 Å². The number of aryl methyl sites for hydroxylation is 1. The fourth-order valence-corrected chi connectivity index (χ4v) is 1.61. The third-order valence-electron chi connectivity index (χ3n) is 2.83. The summed E-state index contributed by atoms with van der Waals surface area (Å²) in [4.78, 5) is 0. The Morgan fingerprint density at radius 2 is 2.00 bits per heavy atom. The van der Waals surface area contributed by atoms with E-state index in [0.29, 0.717) is 0 Å². The van der Waals surface area contributed by atoms with Crippen molar-refractivity contribution in [3.8, 4) is 5.75 Å². The highest BCUT2D eigenvalue weighted by Crippen LogP contribution is 2.23. The van der Waals surface area contributed by atoms with Crippen LogP contribution < -0.4 is 4.74 Å². The van der Waals surface area contributed by atoms with Crippen LogP contribution in [-0.2, 0) is 6.42 Å². The van der Waals surface area contributed by atoms with Gasteiger partial charge in [0.15, 0.2) is 0 Å². The van der Waals surface area contributed by atoms with Gasteiger partial charge in [0.05, 0.1) is 13.3 Å². The summed E-state index contributed by atoms with van der Waals surface area (Å²) in [5, 5.41) is 0. The van der Waals surface area contributed by atoms with Gasteiger partial charge in [0, 0.05) is 5.92 Å². The molecule has 0 N–H and O–H groups in total. The van der Waals surface area contributed by atoms with Crippen LogP contribution in [0.4, 0.5) is 4.39 Å². The number of unbranched alkanes of at least 4 members (excludes halogenated alkanes) is 1. The molecule has 0 amide bonds. The quantitative estimate of drug-likeness (QED) is 0.641. The first kappa shape index (κ1) is 14.0. The van der Waals surface area contributed by atoms with Crippen LogP contribution in [0.5, 0.6) is 5.75 Å². The highest BCUT2D eigenvalue weighted by molar-refractivity contribution is 5.41. The molecule has 0 spiro atoms. The molecule has 0 fully saturated rings. The fraction of sp³-hybridized carbons (Fsp3) is 0.533. The van der Waals surface area contributed by atoms with Crippen molar-refractivity contribution >= 4 is 0 Å². The van der Waals surface area contributed by atoms with Gasteiger partial charge in [0.1, 0.15) is 5.75 Å². The van der Waals surface area contributed by atoms with Gasteiger partial charge in [-0.3, -0.25) is 4.39 Å². The zero-order valence-electron chi connectivity index (χ0n) is 11.1. The highest BCUT2D eigenvalue weighted by atomic mass is 19.1. The minimum absolute atomic E-state index is 0.401. The van der Waals surface area contributed by atoms with Crippen LogP contribution in [0.1, 0.15) is 44.7 Å². The second-order valence-corrected chi connectivity index (χ2v) is 4.34. The molecule has 0 saturated heterocycles. The van der Waals surface area contributed by atoms with Gasteiger partial charge in [-0.1, -0.05) is 33.3 Å². The molecule has 95 valence electrons. The molecule has 1 nitrogen and oxygen atoms in total. The standard InChI is InChI=1S/C15H22FO/c1-4-6-7-17-15-9-13(5-2)8-14(10-15)12(3)11-16/h8-10H,4-7,11H2,1-3H3. The Kier molecular flexibility index (Phi) is 6.03. The van der Waals surface area contributed by atoms with Gasteiger partial charge in [-0.2, -0.15) is 0 Å². The highest BCUT2D eigenvalue weighted by Gasteiger charge is 2.09. The third kappa shape index (κ3) is 4.37. The molecule has 1 rings (SSSR count). The average molecular weight is 237 g/mol. The lowest BCUT2D eigenvalue weighted by molar-refractivity contribution is 0.309. The van der Waals surface area contributed by atoms with E-state index in [0.717, 1.165) is 43.1 Å². The van der Waals surface area contributed by atoms with Crippen molar-refractivity contribution in [3.05, 3.63) is 35.2 Å². The SMILES string of the molecule is CCCCOc1cc(CC)cc([C](C)CF)c1. The van der Waals surface area contributed by atoms with Crippen LogP contribution >= 0.6 is 0 Å². The first-order chi connectivity index (χ1) is 8.21. The van der Waals surface area contributed by atoms with E-state index in [2.05, 4.69) is 13.8 Å². The van der Waals surface area contributed by atoms with Crippen LogP contribution in [-0.4, -0.2) is 13.3 Å². The summed E-state index contributed by atoms with van der Waals surface area (Å²) in [5.74, 6) is 1.63. The summed E-state index contributed by atoms with van der Waals surface area (Å²) >= 11 is 0. The van der Waals surface area contributed by atoms with E-state index in [-0.39, 0.29) is 0 Å². The number of hydrogen-bond acceptors (Lipinski definition) is 1. The third-order valence-corrected chi connectivity index (χ3v) is 2.83. The monoisotopic (exact) mass is 237 g/mol. The topological polar surface area (TPSA) is 9.23 Å². The molecule has 0 unspecified atom stereocenters. The zero-order valence-corrected chi connectivity index (χ0v) is 11.1. The van der Waals surface area contributed by atoms with Gasteiger partial charge in [-0.25, -0.2) is 0 Å². The number of hydrogen-bond donors (Lipinski definition) is 0. The lowest BCUT2D eigenvalue weighted by Crippen LogP contribution is -2.01. The minimum Gasteiger partial charge on any atom is -0.494 e. The van der Waals surface area contributed by atoms with E-state index in [9.17, 15) is 4.39 Å². The number of ether oxygens (including phenoxy) is 1. The van der Waals surface area contributed by atoms with Crippen LogP contribution in [0.3, 0.4) is 0 Å². The minimum atomic E-state index is -0.401. The van der Waals surface area contributed by atoms with E-state index in [1.807, 2.05) is 25.1 Å². The van der Waals surface area contributed by atoms with Gasteiger partial charge >= 0.3 is 0 Å². The maximum atomic E-state index is 12.7. The number of alkyl halides is 1. The molecule has 0 atom stereocenters. The van der Waals surface area contributed by atoms with Crippen molar-refractivity contribution in [1.82, 2.24) is 0 Å². The largest absolute Gasteiger partial charge is 0.494 e. The Morgan fingerprint density at radius 3 is 2.59 bits per heavy atom. The van der Waals surface area contributed by atoms with E-state index >= 15 is 0 Å². The number of halogens is 1. The summed E-state index contributed by atoms with van der Waals surface area (Å²) in [6.45, 7) is 6.39. The average Bonchev–Trinajstić information content (AvgIpc) is 2.37.